The average Bonchev–Trinajstić information content (AvgIpc) is 2.67. The van der Waals surface area contributed by atoms with Gasteiger partial charge >= 0.3 is 0 Å². The molecule has 0 unspecified atom stereocenters. The van der Waals surface area contributed by atoms with Crippen LogP contribution in [0.1, 0.15) is 19.8 Å². The van der Waals surface area contributed by atoms with Gasteiger partial charge in [-0.15, -0.1) is 0 Å². The molecule has 0 atom stereocenters. The largest absolute Gasteiger partial charge is 0.381 e. The SMILES string of the molecule is CC1(Cn2c(N)nc3cc(I)c(F)cc32)CCOCC1. The van der Waals surface area contributed by atoms with Crippen molar-refractivity contribution in [2.75, 3.05) is 18.9 Å². The molecule has 1 saturated heterocycles. The Morgan fingerprint density at radius 1 is 1.45 bits per heavy atom. The number of imidazole rings is 1. The van der Waals surface area contributed by atoms with Crippen molar-refractivity contribution >= 4 is 39.6 Å². The summed E-state index contributed by atoms with van der Waals surface area (Å²) in [4.78, 5) is 4.35. The highest BCUT2D eigenvalue weighted by molar-refractivity contribution is 14.1. The Hall–Kier alpha value is -0.890. The number of aromatic nitrogens is 2. The van der Waals surface area contributed by atoms with Crippen molar-refractivity contribution in [3.8, 4) is 0 Å². The molecule has 0 radical (unpaired) electrons. The lowest BCUT2D eigenvalue weighted by Gasteiger charge is -2.34. The number of hydrogen-bond donors (Lipinski definition) is 1. The Kier molecular flexibility index (Phi) is 3.62. The van der Waals surface area contributed by atoms with E-state index in [0.29, 0.717) is 9.52 Å². The normalized spacial score (nSPS) is 18.6. The fourth-order valence-electron chi connectivity index (χ4n) is 2.71. The molecule has 1 aromatic carbocycles. The molecule has 4 nitrogen and oxygen atoms in total. The van der Waals surface area contributed by atoms with E-state index in [0.717, 1.165) is 43.6 Å². The fourth-order valence-corrected chi connectivity index (χ4v) is 3.16. The monoisotopic (exact) mass is 389 g/mol. The minimum Gasteiger partial charge on any atom is -0.381 e. The van der Waals surface area contributed by atoms with Crippen molar-refractivity contribution in [3.05, 3.63) is 21.5 Å². The fraction of sp³-hybridized carbons (Fsp3) is 0.500. The Bertz CT molecular complexity index is 649. The van der Waals surface area contributed by atoms with E-state index in [4.69, 9.17) is 10.5 Å². The van der Waals surface area contributed by atoms with Crippen LogP contribution in [-0.2, 0) is 11.3 Å². The highest BCUT2D eigenvalue weighted by Crippen LogP contribution is 2.34. The Balaban J connectivity index is 2.02. The molecule has 2 aromatic rings. The van der Waals surface area contributed by atoms with Crippen LogP contribution in [0.4, 0.5) is 10.3 Å². The summed E-state index contributed by atoms with van der Waals surface area (Å²) in [7, 11) is 0. The number of benzene rings is 1. The Morgan fingerprint density at radius 2 is 2.15 bits per heavy atom. The maximum Gasteiger partial charge on any atom is 0.201 e. The van der Waals surface area contributed by atoms with E-state index in [9.17, 15) is 4.39 Å². The van der Waals surface area contributed by atoms with E-state index < -0.39 is 0 Å². The van der Waals surface area contributed by atoms with Crippen LogP contribution in [0.15, 0.2) is 12.1 Å². The number of ether oxygens (including phenoxy) is 1. The first-order valence-corrected chi connectivity index (χ1v) is 7.75. The van der Waals surface area contributed by atoms with Crippen LogP contribution in [0.25, 0.3) is 11.0 Å². The first-order chi connectivity index (χ1) is 9.48. The zero-order chi connectivity index (χ0) is 14.3. The van der Waals surface area contributed by atoms with Gasteiger partial charge in [0.15, 0.2) is 0 Å². The van der Waals surface area contributed by atoms with Crippen molar-refractivity contribution in [3.63, 3.8) is 0 Å². The highest BCUT2D eigenvalue weighted by atomic mass is 127. The summed E-state index contributed by atoms with van der Waals surface area (Å²) in [6.07, 6.45) is 1.97. The van der Waals surface area contributed by atoms with Gasteiger partial charge < -0.3 is 15.0 Å². The Morgan fingerprint density at radius 3 is 2.85 bits per heavy atom. The Labute approximate surface area is 130 Å². The molecule has 1 aliphatic heterocycles. The molecule has 3 rings (SSSR count). The lowest BCUT2D eigenvalue weighted by Crippen LogP contribution is -2.31. The molecular formula is C14H17FIN3O. The highest BCUT2D eigenvalue weighted by Gasteiger charge is 2.29. The molecule has 0 bridgehead atoms. The average molecular weight is 389 g/mol. The van der Waals surface area contributed by atoms with E-state index >= 15 is 0 Å². The number of anilines is 1. The zero-order valence-electron chi connectivity index (χ0n) is 11.3. The smallest absolute Gasteiger partial charge is 0.201 e. The third-order valence-corrected chi connectivity index (χ3v) is 4.89. The number of nitrogens with zero attached hydrogens (tertiary/aromatic N) is 2. The van der Waals surface area contributed by atoms with E-state index in [1.165, 1.54) is 6.07 Å². The lowest BCUT2D eigenvalue weighted by molar-refractivity contribution is 0.0163. The molecule has 1 fully saturated rings. The van der Waals surface area contributed by atoms with Crippen molar-refractivity contribution in [2.45, 2.75) is 26.3 Å². The second-order valence-electron chi connectivity index (χ2n) is 5.73. The molecule has 0 spiro atoms. The van der Waals surface area contributed by atoms with Gasteiger partial charge in [-0.3, -0.25) is 0 Å². The quantitative estimate of drug-likeness (QED) is 0.803. The molecule has 1 aliphatic rings. The van der Waals surface area contributed by atoms with Crippen LogP contribution >= 0.6 is 22.6 Å². The van der Waals surface area contributed by atoms with Crippen LogP contribution < -0.4 is 5.73 Å². The van der Waals surface area contributed by atoms with Gasteiger partial charge in [-0.05, 0) is 46.9 Å². The van der Waals surface area contributed by atoms with Crippen LogP contribution in [-0.4, -0.2) is 22.8 Å². The number of hydrogen-bond acceptors (Lipinski definition) is 3. The molecule has 108 valence electrons. The van der Waals surface area contributed by atoms with Gasteiger partial charge in [0.25, 0.3) is 0 Å². The van der Waals surface area contributed by atoms with E-state index in [1.807, 2.05) is 27.2 Å². The number of nitrogens with two attached hydrogens (primary N) is 1. The molecule has 2 heterocycles. The van der Waals surface area contributed by atoms with E-state index in [1.54, 1.807) is 6.07 Å². The standard InChI is InChI=1S/C14H17FIN3O/c1-14(2-4-20-5-3-14)8-19-12-6-9(15)10(16)7-11(12)18-13(19)17/h6-7H,2-5,8H2,1H3,(H2,17,18). The number of rotatable bonds is 2. The molecule has 6 heteroatoms. The van der Waals surface area contributed by atoms with Crippen molar-refractivity contribution in [2.24, 2.45) is 5.41 Å². The van der Waals surface area contributed by atoms with Crippen molar-refractivity contribution in [1.29, 1.82) is 0 Å². The summed E-state index contributed by atoms with van der Waals surface area (Å²) in [5, 5.41) is 0. The van der Waals surface area contributed by atoms with Gasteiger partial charge in [0.1, 0.15) is 5.82 Å². The molecule has 0 aliphatic carbocycles. The molecule has 0 saturated carbocycles. The first kappa shape index (κ1) is 14.1. The topological polar surface area (TPSA) is 53.1 Å². The predicted molar refractivity (Wildman–Crippen MR) is 85.0 cm³/mol. The summed E-state index contributed by atoms with van der Waals surface area (Å²) >= 11 is 1.97. The second kappa shape index (κ2) is 5.14. The van der Waals surface area contributed by atoms with E-state index in [-0.39, 0.29) is 11.2 Å². The van der Waals surface area contributed by atoms with Gasteiger partial charge in [-0.2, -0.15) is 0 Å². The maximum atomic E-state index is 13.8. The minimum absolute atomic E-state index is 0.124. The van der Waals surface area contributed by atoms with Gasteiger partial charge in [0.05, 0.1) is 14.6 Å². The van der Waals surface area contributed by atoms with Gasteiger partial charge in [-0.1, -0.05) is 6.92 Å². The van der Waals surface area contributed by atoms with Crippen molar-refractivity contribution < 1.29 is 9.13 Å². The molecular weight excluding hydrogens is 372 g/mol. The first-order valence-electron chi connectivity index (χ1n) is 6.67. The summed E-state index contributed by atoms with van der Waals surface area (Å²) in [5.41, 5.74) is 7.67. The number of nitrogen functional groups attached to an aromatic ring is 1. The third kappa shape index (κ3) is 2.50. The second-order valence-corrected chi connectivity index (χ2v) is 6.90. The van der Waals surface area contributed by atoms with Crippen LogP contribution in [0, 0.1) is 14.8 Å². The summed E-state index contributed by atoms with van der Waals surface area (Å²) in [5.74, 6) is 0.227. The maximum absolute atomic E-state index is 13.8. The summed E-state index contributed by atoms with van der Waals surface area (Å²) in [6.45, 7) is 4.52. The van der Waals surface area contributed by atoms with Crippen molar-refractivity contribution in [1.82, 2.24) is 9.55 Å². The molecule has 0 amide bonds. The summed E-state index contributed by atoms with van der Waals surface area (Å²) in [6, 6.07) is 3.27. The molecule has 2 N–H and O–H groups in total. The minimum atomic E-state index is -0.226. The molecule has 1 aromatic heterocycles. The van der Waals surface area contributed by atoms with Crippen LogP contribution in [0.5, 0.6) is 0 Å². The van der Waals surface area contributed by atoms with Gasteiger partial charge in [0, 0.05) is 25.8 Å². The lowest BCUT2D eigenvalue weighted by atomic mass is 9.82. The number of fused-ring (bicyclic) bond motifs is 1. The van der Waals surface area contributed by atoms with E-state index in [2.05, 4.69) is 11.9 Å². The number of halogens is 2. The summed E-state index contributed by atoms with van der Waals surface area (Å²) < 4.78 is 21.7. The third-order valence-electron chi connectivity index (χ3n) is 4.06. The van der Waals surface area contributed by atoms with Gasteiger partial charge in [-0.25, -0.2) is 9.37 Å². The van der Waals surface area contributed by atoms with Gasteiger partial charge in [0.2, 0.25) is 5.95 Å². The predicted octanol–water partition coefficient (Wildman–Crippen LogP) is 3.18. The van der Waals surface area contributed by atoms with Crippen LogP contribution in [0.3, 0.4) is 0 Å². The van der Waals surface area contributed by atoms with Crippen LogP contribution in [0.2, 0.25) is 0 Å². The molecule has 20 heavy (non-hydrogen) atoms. The zero-order valence-corrected chi connectivity index (χ0v) is 13.5.